The van der Waals surface area contributed by atoms with Crippen molar-refractivity contribution in [1.82, 2.24) is 14.6 Å². The molecule has 0 spiro atoms. The number of aliphatic hydroxyl groups is 1. The van der Waals surface area contributed by atoms with Crippen molar-refractivity contribution in [3.05, 3.63) is 63.2 Å². The number of aliphatic hydroxyl groups excluding tert-OH is 1. The Morgan fingerprint density at radius 1 is 1.39 bits per heavy atom. The highest BCUT2D eigenvalue weighted by Gasteiger charge is 2.39. The van der Waals surface area contributed by atoms with Gasteiger partial charge in [-0.3, -0.25) is 23.7 Å². The highest BCUT2D eigenvalue weighted by Crippen LogP contribution is 2.45. The minimum Gasteiger partial charge on any atom is -0.468 e. The highest BCUT2D eigenvalue weighted by atomic mass is 31.2. The Balaban J connectivity index is 1.73. The van der Waals surface area contributed by atoms with Crippen LogP contribution in [0.4, 0.5) is 4.39 Å². The number of halogens is 1. The summed E-state index contributed by atoms with van der Waals surface area (Å²) in [7, 11) is -3.02. The molecular weight excluding hydrogens is 464 g/mol. The van der Waals surface area contributed by atoms with Crippen LogP contribution >= 0.6 is 7.75 Å². The van der Waals surface area contributed by atoms with Gasteiger partial charge in [0, 0.05) is 6.42 Å². The van der Waals surface area contributed by atoms with Gasteiger partial charge in [0.15, 0.2) is 0 Å². The van der Waals surface area contributed by atoms with Gasteiger partial charge in [-0.2, -0.15) is 9.48 Å². The third-order valence-corrected chi connectivity index (χ3v) is 6.37. The molecule has 12 nitrogen and oxygen atoms in total. The quantitative estimate of drug-likeness (QED) is 0.339. The second-order valence-corrected chi connectivity index (χ2v) is 8.84. The summed E-state index contributed by atoms with van der Waals surface area (Å²) in [5.74, 6) is -1.73. The fraction of sp³-hybridized carbons (Fsp3) is 0.421. The lowest BCUT2D eigenvalue weighted by Gasteiger charge is -2.24. The number of esters is 1. The number of aromatic amines is 1. The zero-order valence-electron chi connectivity index (χ0n) is 17.7. The topological polar surface area (TPSA) is 158 Å². The van der Waals surface area contributed by atoms with E-state index in [2.05, 4.69) is 9.82 Å². The van der Waals surface area contributed by atoms with Crippen molar-refractivity contribution in [2.75, 3.05) is 13.7 Å². The molecule has 1 aromatic heterocycles. The van der Waals surface area contributed by atoms with Crippen molar-refractivity contribution in [3.8, 4) is 5.75 Å². The molecule has 2 unspecified atom stereocenters. The van der Waals surface area contributed by atoms with Gasteiger partial charge in [0.05, 0.1) is 26.0 Å². The molecule has 14 heteroatoms. The molecule has 0 saturated carbocycles. The molecule has 0 aliphatic carbocycles. The molecule has 1 aliphatic rings. The van der Waals surface area contributed by atoms with Crippen molar-refractivity contribution in [1.29, 1.82) is 0 Å². The highest BCUT2D eigenvalue weighted by molar-refractivity contribution is 7.52. The molecule has 2 aromatic rings. The van der Waals surface area contributed by atoms with E-state index in [0.717, 1.165) is 11.7 Å². The third kappa shape index (κ3) is 6.15. The van der Waals surface area contributed by atoms with Gasteiger partial charge >= 0.3 is 19.4 Å². The third-order valence-electron chi connectivity index (χ3n) is 4.72. The van der Waals surface area contributed by atoms with Crippen molar-refractivity contribution in [2.24, 2.45) is 0 Å². The molecule has 1 fully saturated rings. The summed E-state index contributed by atoms with van der Waals surface area (Å²) < 4.78 is 48.7. The van der Waals surface area contributed by atoms with Gasteiger partial charge in [0.2, 0.25) is 5.82 Å². The standard InChI is InChI=1S/C19H23FN3O9P/c1-11(18(26)29-2)22-33(28,32-12-6-4-3-5-7-12)30-10-15-14(24)8-16(31-15)23-9-13(20)17(25)21-19(23)27/h3-7,9,11,14-16,24H,8,10H2,1-2H3,(H,22,28)(H,21,25,27)/t11-,14+,15?,16+,33?/m0/s1. The van der Waals surface area contributed by atoms with Crippen LogP contribution in [-0.4, -0.2) is 52.6 Å². The van der Waals surface area contributed by atoms with Crippen LogP contribution in [0.2, 0.25) is 0 Å². The number of benzene rings is 1. The summed E-state index contributed by atoms with van der Waals surface area (Å²) in [5.41, 5.74) is -2.11. The monoisotopic (exact) mass is 487 g/mol. The first-order chi connectivity index (χ1) is 15.6. The molecule has 1 saturated heterocycles. The number of methoxy groups -OCH3 is 1. The second kappa shape index (κ2) is 10.4. The number of aromatic nitrogens is 2. The zero-order valence-corrected chi connectivity index (χ0v) is 18.6. The number of ether oxygens (including phenoxy) is 2. The second-order valence-electron chi connectivity index (χ2n) is 7.15. The summed E-state index contributed by atoms with van der Waals surface area (Å²) in [6.07, 6.45) is -2.83. The fourth-order valence-corrected chi connectivity index (χ4v) is 4.56. The van der Waals surface area contributed by atoms with Crippen LogP contribution < -0.4 is 20.9 Å². The molecule has 3 rings (SSSR count). The van der Waals surface area contributed by atoms with Crippen molar-refractivity contribution >= 4 is 13.7 Å². The molecule has 3 N–H and O–H groups in total. The largest absolute Gasteiger partial charge is 0.468 e. The van der Waals surface area contributed by atoms with Crippen LogP contribution in [0.25, 0.3) is 0 Å². The van der Waals surface area contributed by atoms with Gasteiger partial charge in [-0.25, -0.2) is 9.36 Å². The van der Waals surface area contributed by atoms with Gasteiger partial charge in [0.25, 0.3) is 5.56 Å². The first-order valence-corrected chi connectivity index (χ1v) is 11.4. The maximum Gasteiger partial charge on any atom is 0.459 e. The normalized spacial score (nSPS) is 23.0. The predicted molar refractivity (Wildman–Crippen MR) is 111 cm³/mol. The SMILES string of the molecule is COC(=O)[C@H](C)NP(=O)(OCC1O[C@@H](n2cc(F)c(=O)[nH]c2=O)C[C@H]1O)Oc1ccccc1. The van der Waals surface area contributed by atoms with Crippen LogP contribution in [0.15, 0.2) is 46.1 Å². The number of hydrogen-bond acceptors (Lipinski definition) is 9. The van der Waals surface area contributed by atoms with Crippen molar-refractivity contribution in [3.63, 3.8) is 0 Å². The Bertz CT molecular complexity index is 1140. The molecule has 1 aliphatic heterocycles. The molecule has 0 radical (unpaired) electrons. The number of carbonyl (C=O) groups is 1. The maximum atomic E-state index is 13.6. The van der Waals surface area contributed by atoms with Crippen LogP contribution in [0.1, 0.15) is 19.6 Å². The van der Waals surface area contributed by atoms with Gasteiger partial charge in [-0.05, 0) is 19.1 Å². The maximum absolute atomic E-state index is 13.6. The number of carbonyl (C=O) groups excluding carboxylic acids is 1. The molecule has 33 heavy (non-hydrogen) atoms. The Labute approximate surface area is 186 Å². The Hall–Kier alpha value is -2.83. The van der Waals surface area contributed by atoms with E-state index in [0.29, 0.717) is 6.20 Å². The number of rotatable bonds is 9. The zero-order chi connectivity index (χ0) is 24.2. The Kier molecular flexibility index (Phi) is 7.82. The van der Waals surface area contributed by atoms with E-state index in [4.69, 9.17) is 13.8 Å². The molecule has 0 bridgehead atoms. The molecular formula is C19H23FN3O9P. The van der Waals surface area contributed by atoms with Crippen molar-refractivity contribution < 1.29 is 37.4 Å². The lowest BCUT2D eigenvalue weighted by molar-refractivity contribution is -0.142. The fourth-order valence-electron chi connectivity index (χ4n) is 3.06. The van der Waals surface area contributed by atoms with Gasteiger partial charge in [-0.15, -0.1) is 0 Å². The summed E-state index contributed by atoms with van der Waals surface area (Å²) in [6, 6.07) is 6.98. The lowest BCUT2D eigenvalue weighted by Crippen LogP contribution is -2.36. The number of hydrogen-bond donors (Lipinski definition) is 3. The average molecular weight is 487 g/mol. The van der Waals surface area contributed by atoms with Crippen molar-refractivity contribution in [2.45, 2.75) is 37.8 Å². The van der Waals surface area contributed by atoms with Crippen LogP contribution in [0.5, 0.6) is 5.75 Å². The van der Waals surface area contributed by atoms with Gasteiger partial charge in [-0.1, -0.05) is 18.2 Å². The molecule has 1 aromatic carbocycles. The van der Waals surface area contributed by atoms with E-state index in [-0.39, 0.29) is 12.2 Å². The van der Waals surface area contributed by atoms with E-state index in [9.17, 15) is 28.4 Å². The number of H-pyrrole nitrogens is 1. The van der Waals surface area contributed by atoms with E-state index >= 15 is 0 Å². The minimum absolute atomic E-state index is 0.130. The van der Waals surface area contributed by atoms with E-state index in [1.165, 1.54) is 19.1 Å². The van der Waals surface area contributed by atoms with Crippen LogP contribution in [0, 0.1) is 5.82 Å². The van der Waals surface area contributed by atoms with E-state index < -0.39 is 61.9 Å². The average Bonchev–Trinajstić information content (AvgIpc) is 3.15. The molecule has 2 heterocycles. The summed E-state index contributed by atoms with van der Waals surface area (Å²) in [4.78, 5) is 36.7. The van der Waals surface area contributed by atoms with Crippen LogP contribution in [-0.2, 0) is 23.4 Å². The first kappa shape index (κ1) is 24.8. The predicted octanol–water partition coefficient (Wildman–Crippen LogP) is 0.679. The number of nitrogens with one attached hydrogen (secondary N) is 2. The molecule has 0 amide bonds. The summed E-state index contributed by atoms with van der Waals surface area (Å²) in [6.45, 7) is 0.924. The van der Waals surface area contributed by atoms with E-state index in [1.54, 1.807) is 23.2 Å². The lowest BCUT2D eigenvalue weighted by atomic mass is 10.2. The Morgan fingerprint density at radius 3 is 2.76 bits per heavy atom. The first-order valence-electron chi connectivity index (χ1n) is 9.81. The van der Waals surface area contributed by atoms with Gasteiger partial charge in [0.1, 0.15) is 24.1 Å². The summed E-state index contributed by atoms with van der Waals surface area (Å²) in [5, 5.41) is 12.8. The molecule has 5 atom stereocenters. The minimum atomic E-state index is -4.18. The van der Waals surface area contributed by atoms with E-state index in [1.807, 2.05) is 0 Å². The smallest absolute Gasteiger partial charge is 0.459 e. The number of para-hydroxylation sites is 1. The van der Waals surface area contributed by atoms with Gasteiger partial charge < -0.3 is 19.1 Å². The Morgan fingerprint density at radius 2 is 2.09 bits per heavy atom. The summed E-state index contributed by atoms with van der Waals surface area (Å²) >= 11 is 0. The van der Waals surface area contributed by atoms with Crippen LogP contribution in [0.3, 0.4) is 0 Å². The number of nitrogens with zero attached hydrogens (tertiary/aromatic N) is 1. The molecule has 180 valence electrons.